The highest BCUT2D eigenvalue weighted by molar-refractivity contribution is 9.10. The highest BCUT2D eigenvalue weighted by Crippen LogP contribution is 2.37. The number of rotatable bonds is 8. The Morgan fingerprint density at radius 3 is 2.71 bits per heavy atom. The monoisotopic (exact) mass is 357 g/mol. The van der Waals surface area contributed by atoms with Crippen LogP contribution in [0, 0.1) is 0 Å². The molecule has 1 aromatic rings. The highest BCUT2D eigenvalue weighted by atomic mass is 79.9. The number of hydrogen-bond donors (Lipinski definition) is 2. The Morgan fingerprint density at radius 1 is 1.43 bits per heavy atom. The first-order chi connectivity index (χ1) is 9.95. The maximum Gasteiger partial charge on any atom is 0.175 e. The Bertz CT molecular complexity index is 487. The van der Waals surface area contributed by atoms with Crippen molar-refractivity contribution in [3.63, 3.8) is 0 Å². The van der Waals surface area contributed by atoms with Crippen LogP contribution in [0.5, 0.6) is 11.5 Å². The zero-order valence-electron chi connectivity index (χ0n) is 12.9. The Kier molecular flexibility index (Phi) is 5.52. The molecule has 0 saturated heterocycles. The molecule has 0 spiro atoms. The van der Waals surface area contributed by atoms with Crippen LogP contribution in [0.25, 0.3) is 0 Å². The van der Waals surface area contributed by atoms with Gasteiger partial charge in [-0.05, 0) is 59.8 Å². The summed E-state index contributed by atoms with van der Waals surface area (Å²) >= 11 is 3.54. The van der Waals surface area contributed by atoms with Gasteiger partial charge in [0.1, 0.15) is 6.61 Å². The normalized spacial score (nSPS) is 17.4. The van der Waals surface area contributed by atoms with Crippen LogP contribution >= 0.6 is 15.9 Å². The molecule has 2 rings (SSSR count). The average Bonchev–Trinajstić information content (AvgIpc) is 3.27. The fourth-order valence-corrected chi connectivity index (χ4v) is 2.50. The quantitative estimate of drug-likeness (QED) is 0.749. The SMILES string of the molecule is CCC(C)(O)COc1c(Br)cc(CNC2CC2)cc1OC. The van der Waals surface area contributed by atoms with Crippen molar-refractivity contribution in [1.82, 2.24) is 5.32 Å². The molecule has 0 amide bonds. The summed E-state index contributed by atoms with van der Waals surface area (Å²) in [6, 6.07) is 4.69. The Balaban J connectivity index is 2.08. The van der Waals surface area contributed by atoms with Crippen LogP contribution in [0.15, 0.2) is 16.6 Å². The van der Waals surface area contributed by atoms with Crippen LogP contribution in [-0.2, 0) is 6.54 Å². The predicted octanol–water partition coefficient (Wildman–Crippen LogP) is 3.25. The number of methoxy groups -OCH3 is 1. The molecule has 1 aromatic carbocycles. The molecule has 1 aliphatic carbocycles. The van der Waals surface area contributed by atoms with E-state index in [0.29, 0.717) is 24.0 Å². The van der Waals surface area contributed by atoms with Gasteiger partial charge in [-0.3, -0.25) is 0 Å². The molecule has 1 atom stereocenters. The molecule has 1 unspecified atom stereocenters. The maximum absolute atomic E-state index is 10.1. The van der Waals surface area contributed by atoms with Gasteiger partial charge in [0.25, 0.3) is 0 Å². The lowest BCUT2D eigenvalue weighted by atomic mass is 10.1. The van der Waals surface area contributed by atoms with E-state index in [1.807, 2.05) is 19.1 Å². The zero-order chi connectivity index (χ0) is 15.5. The van der Waals surface area contributed by atoms with E-state index in [2.05, 4.69) is 21.2 Å². The van der Waals surface area contributed by atoms with Crippen molar-refractivity contribution in [2.75, 3.05) is 13.7 Å². The van der Waals surface area contributed by atoms with E-state index in [1.54, 1.807) is 14.0 Å². The van der Waals surface area contributed by atoms with Gasteiger partial charge in [-0.1, -0.05) is 6.92 Å². The Morgan fingerprint density at radius 2 is 2.14 bits per heavy atom. The summed E-state index contributed by atoms with van der Waals surface area (Å²) in [5.41, 5.74) is 0.316. The summed E-state index contributed by atoms with van der Waals surface area (Å²) in [4.78, 5) is 0. The number of benzene rings is 1. The minimum Gasteiger partial charge on any atom is -0.493 e. The fraction of sp³-hybridized carbons (Fsp3) is 0.625. The summed E-state index contributed by atoms with van der Waals surface area (Å²) in [5, 5.41) is 13.5. The van der Waals surface area contributed by atoms with E-state index < -0.39 is 5.60 Å². The van der Waals surface area contributed by atoms with Gasteiger partial charge in [-0.15, -0.1) is 0 Å². The Labute approximate surface area is 135 Å². The topological polar surface area (TPSA) is 50.7 Å². The van der Waals surface area contributed by atoms with Crippen molar-refractivity contribution in [3.8, 4) is 11.5 Å². The molecule has 0 bridgehead atoms. The van der Waals surface area contributed by atoms with E-state index in [1.165, 1.54) is 12.8 Å². The van der Waals surface area contributed by atoms with Crippen LogP contribution < -0.4 is 14.8 Å². The minimum atomic E-state index is -0.837. The van der Waals surface area contributed by atoms with Gasteiger partial charge < -0.3 is 19.9 Å². The van der Waals surface area contributed by atoms with Crippen molar-refractivity contribution >= 4 is 15.9 Å². The third-order valence-electron chi connectivity index (χ3n) is 3.75. The number of hydrogen-bond acceptors (Lipinski definition) is 4. The predicted molar refractivity (Wildman–Crippen MR) is 87.0 cm³/mol. The lowest BCUT2D eigenvalue weighted by molar-refractivity contribution is 0.00750. The summed E-state index contributed by atoms with van der Waals surface area (Å²) in [5.74, 6) is 1.32. The molecule has 1 aliphatic rings. The minimum absolute atomic E-state index is 0.234. The lowest BCUT2D eigenvalue weighted by Crippen LogP contribution is -2.31. The smallest absolute Gasteiger partial charge is 0.175 e. The molecule has 5 heteroatoms. The number of ether oxygens (including phenoxy) is 2. The first kappa shape index (κ1) is 16.6. The van der Waals surface area contributed by atoms with Gasteiger partial charge in [-0.25, -0.2) is 0 Å². The molecule has 0 heterocycles. The van der Waals surface area contributed by atoms with E-state index in [0.717, 1.165) is 16.6 Å². The van der Waals surface area contributed by atoms with Gasteiger partial charge in [-0.2, -0.15) is 0 Å². The molecular weight excluding hydrogens is 334 g/mol. The first-order valence-corrected chi connectivity index (χ1v) is 8.19. The fourth-order valence-electron chi connectivity index (χ4n) is 1.89. The van der Waals surface area contributed by atoms with Crippen molar-refractivity contribution < 1.29 is 14.6 Å². The average molecular weight is 358 g/mol. The van der Waals surface area contributed by atoms with Gasteiger partial charge in [0.15, 0.2) is 11.5 Å². The van der Waals surface area contributed by atoms with Crippen molar-refractivity contribution in [1.29, 1.82) is 0 Å². The number of halogens is 1. The van der Waals surface area contributed by atoms with Crippen LogP contribution in [0.2, 0.25) is 0 Å². The van der Waals surface area contributed by atoms with E-state index in [-0.39, 0.29) is 6.61 Å². The molecule has 0 radical (unpaired) electrons. The Hall–Kier alpha value is -0.780. The molecule has 2 N–H and O–H groups in total. The van der Waals surface area contributed by atoms with E-state index >= 15 is 0 Å². The lowest BCUT2D eigenvalue weighted by Gasteiger charge is -2.23. The highest BCUT2D eigenvalue weighted by Gasteiger charge is 2.22. The van der Waals surface area contributed by atoms with Gasteiger partial charge >= 0.3 is 0 Å². The van der Waals surface area contributed by atoms with E-state index in [9.17, 15) is 5.11 Å². The third-order valence-corrected chi connectivity index (χ3v) is 4.34. The van der Waals surface area contributed by atoms with Crippen molar-refractivity contribution in [2.45, 2.75) is 51.3 Å². The second-order valence-electron chi connectivity index (χ2n) is 5.90. The van der Waals surface area contributed by atoms with Crippen molar-refractivity contribution in [3.05, 3.63) is 22.2 Å². The largest absolute Gasteiger partial charge is 0.493 e. The maximum atomic E-state index is 10.1. The molecule has 118 valence electrons. The molecule has 4 nitrogen and oxygen atoms in total. The molecule has 1 fully saturated rings. The van der Waals surface area contributed by atoms with Gasteiger partial charge in [0, 0.05) is 12.6 Å². The van der Waals surface area contributed by atoms with Gasteiger partial charge in [0.05, 0.1) is 17.2 Å². The summed E-state index contributed by atoms with van der Waals surface area (Å²) < 4.78 is 12.0. The molecule has 0 aliphatic heterocycles. The molecular formula is C16H24BrNO3. The van der Waals surface area contributed by atoms with Crippen LogP contribution in [0.4, 0.5) is 0 Å². The molecule has 1 saturated carbocycles. The van der Waals surface area contributed by atoms with E-state index in [4.69, 9.17) is 9.47 Å². The number of aliphatic hydroxyl groups is 1. The van der Waals surface area contributed by atoms with Crippen LogP contribution in [0.3, 0.4) is 0 Å². The van der Waals surface area contributed by atoms with Crippen LogP contribution in [-0.4, -0.2) is 30.5 Å². The van der Waals surface area contributed by atoms with Crippen LogP contribution in [0.1, 0.15) is 38.7 Å². The van der Waals surface area contributed by atoms with Crippen molar-refractivity contribution in [2.24, 2.45) is 0 Å². The molecule has 21 heavy (non-hydrogen) atoms. The summed E-state index contributed by atoms with van der Waals surface area (Å²) in [7, 11) is 1.63. The summed E-state index contributed by atoms with van der Waals surface area (Å²) in [6.45, 7) is 4.76. The number of nitrogens with one attached hydrogen (secondary N) is 1. The third kappa shape index (κ3) is 4.87. The standard InChI is InChI=1S/C16H24BrNO3/c1-4-16(2,19)10-21-15-13(17)7-11(8-14(15)20-3)9-18-12-5-6-12/h7-8,12,18-19H,4-6,9-10H2,1-3H3. The second-order valence-corrected chi connectivity index (χ2v) is 6.76. The molecule has 0 aromatic heterocycles. The summed E-state index contributed by atoms with van der Waals surface area (Å²) in [6.07, 6.45) is 3.17. The first-order valence-electron chi connectivity index (χ1n) is 7.40. The zero-order valence-corrected chi connectivity index (χ0v) is 14.5. The second kappa shape index (κ2) is 6.99. The van der Waals surface area contributed by atoms with Gasteiger partial charge in [0.2, 0.25) is 0 Å².